The summed E-state index contributed by atoms with van der Waals surface area (Å²) in [6.45, 7) is 6.63. The predicted molar refractivity (Wildman–Crippen MR) is 204 cm³/mol. The van der Waals surface area contributed by atoms with Crippen LogP contribution in [-0.2, 0) is 5.41 Å². The molecule has 240 valence electrons. The molecule has 1 N–H and O–H groups in total. The van der Waals surface area contributed by atoms with Gasteiger partial charge in [-0.15, -0.1) is 0 Å². The average molecular weight is 646 g/mol. The lowest BCUT2D eigenvalue weighted by Gasteiger charge is -2.22. The zero-order valence-corrected chi connectivity index (χ0v) is 28.2. The lowest BCUT2D eigenvalue weighted by atomic mass is 9.81. The van der Waals surface area contributed by atoms with Gasteiger partial charge in [0, 0.05) is 33.9 Å². The highest BCUT2D eigenvalue weighted by molar-refractivity contribution is 5.88. The summed E-state index contributed by atoms with van der Waals surface area (Å²) in [4.78, 5) is 10.4. The Balaban J connectivity index is 1.23. The van der Waals surface area contributed by atoms with E-state index in [0.29, 0.717) is 0 Å². The predicted octanol–water partition coefficient (Wildman–Crippen LogP) is 11.4. The van der Waals surface area contributed by atoms with Crippen LogP contribution in [0.3, 0.4) is 0 Å². The third-order valence-electron chi connectivity index (χ3n) is 10.2. The topological polar surface area (TPSA) is 50.4 Å². The quantitative estimate of drug-likeness (QED) is 0.203. The molecule has 5 aromatic carbocycles. The maximum Gasteiger partial charge on any atom is 0.137 e. The fraction of sp³-hybridized carbons (Fsp3) is 0.0870. The molecular formula is C46H35N3O. The molecule has 0 unspecified atom stereocenters. The Labute approximate surface area is 292 Å². The smallest absolute Gasteiger partial charge is 0.137 e. The highest BCUT2D eigenvalue weighted by atomic mass is 16.3. The van der Waals surface area contributed by atoms with Crippen LogP contribution in [0.25, 0.3) is 72.9 Å². The molecule has 4 heteroatoms. The summed E-state index contributed by atoms with van der Waals surface area (Å²) in [5.41, 5.74) is 16.1. The summed E-state index contributed by atoms with van der Waals surface area (Å²) in [7, 11) is 0. The molecule has 3 heterocycles. The van der Waals surface area contributed by atoms with Gasteiger partial charge in [0.25, 0.3) is 0 Å². The number of rotatable bonds is 5. The summed E-state index contributed by atoms with van der Waals surface area (Å²) in [6, 6.07) is 50.4. The summed E-state index contributed by atoms with van der Waals surface area (Å²) in [5, 5.41) is 11.6. The molecule has 0 amide bonds. The molecule has 0 saturated carbocycles. The summed E-state index contributed by atoms with van der Waals surface area (Å²) < 4.78 is 2.16. The molecule has 0 fully saturated rings. The first kappa shape index (κ1) is 29.8. The first-order chi connectivity index (χ1) is 24.3. The van der Waals surface area contributed by atoms with Crippen LogP contribution in [0.5, 0.6) is 5.75 Å². The Morgan fingerprint density at radius 1 is 0.520 bits per heavy atom. The van der Waals surface area contributed by atoms with Gasteiger partial charge >= 0.3 is 0 Å². The molecule has 4 nitrogen and oxygen atoms in total. The van der Waals surface area contributed by atoms with Crippen molar-refractivity contribution in [1.82, 2.24) is 14.4 Å². The molecule has 0 radical (unpaired) electrons. The number of hydrogen-bond donors (Lipinski definition) is 1. The van der Waals surface area contributed by atoms with E-state index in [9.17, 15) is 5.11 Å². The lowest BCUT2D eigenvalue weighted by molar-refractivity contribution is 0.477. The number of benzene rings is 5. The monoisotopic (exact) mass is 645 g/mol. The fourth-order valence-electron chi connectivity index (χ4n) is 7.64. The van der Waals surface area contributed by atoms with E-state index < -0.39 is 0 Å². The second-order valence-corrected chi connectivity index (χ2v) is 13.8. The number of imidazole rings is 1. The number of pyridine rings is 2. The van der Waals surface area contributed by atoms with E-state index in [0.717, 1.165) is 67.4 Å². The molecule has 50 heavy (non-hydrogen) atoms. The Morgan fingerprint density at radius 3 is 2.10 bits per heavy atom. The zero-order valence-electron chi connectivity index (χ0n) is 28.2. The molecule has 8 aromatic rings. The van der Waals surface area contributed by atoms with Gasteiger partial charge in [0.15, 0.2) is 0 Å². The minimum Gasteiger partial charge on any atom is -0.507 e. The van der Waals surface area contributed by atoms with Crippen molar-refractivity contribution < 1.29 is 5.11 Å². The number of aromatic nitrogens is 3. The van der Waals surface area contributed by atoms with Crippen molar-refractivity contribution in [3.63, 3.8) is 0 Å². The van der Waals surface area contributed by atoms with Gasteiger partial charge in [-0.1, -0.05) is 123 Å². The Hall–Kier alpha value is -6.26. The van der Waals surface area contributed by atoms with Crippen LogP contribution in [0.4, 0.5) is 0 Å². The van der Waals surface area contributed by atoms with E-state index in [1.807, 2.05) is 30.3 Å². The van der Waals surface area contributed by atoms with Crippen LogP contribution in [0.15, 0.2) is 152 Å². The molecule has 0 bridgehead atoms. The fourth-order valence-corrected chi connectivity index (χ4v) is 7.64. The molecule has 9 rings (SSSR count). The number of phenolic OH excluding ortho intramolecular Hbond substituents is 1. The van der Waals surface area contributed by atoms with Gasteiger partial charge in [-0.2, -0.15) is 0 Å². The van der Waals surface area contributed by atoms with Crippen LogP contribution >= 0.6 is 0 Å². The second-order valence-electron chi connectivity index (χ2n) is 13.8. The number of hydrogen-bond acceptors (Lipinski definition) is 3. The molecule has 1 aliphatic rings. The van der Waals surface area contributed by atoms with Crippen molar-refractivity contribution in [3.8, 4) is 73.0 Å². The number of nitrogens with zero attached hydrogens (tertiary/aromatic N) is 3. The molecule has 0 aliphatic heterocycles. The first-order valence-corrected chi connectivity index (χ1v) is 17.1. The van der Waals surface area contributed by atoms with Gasteiger partial charge in [-0.05, 0) is 82.8 Å². The van der Waals surface area contributed by atoms with Crippen molar-refractivity contribution in [2.24, 2.45) is 0 Å². The number of aryl methyl sites for hydroxylation is 1. The summed E-state index contributed by atoms with van der Waals surface area (Å²) in [6.07, 6.45) is 2.07. The van der Waals surface area contributed by atoms with Gasteiger partial charge < -0.3 is 5.11 Å². The Kier molecular flexibility index (Phi) is 6.82. The van der Waals surface area contributed by atoms with Crippen LogP contribution in [0.1, 0.15) is 30.5 Å². The van der Waals surface area contributed by atoms with Gasteiger partial charge in [0.05, 0.1) is 22.8 Å². The SMILES string of the molecule is Cc1cccc(-c2cc(-c3cccc(-c4nc5ccccn5c4-c4ccccc4)c3)nc(-c3cc4c(cc3O)-c3ccccc3C4(C)C)c2)c1. The molecule has 0 saturated heterocycles. The summed E-state index contributed by atoms with van der Waals surface area (Å²) in [5.74, 6) is 0.224. The van der Waals surface area contributed by atoms with Gasteiger partial charge in [0.1, 0.15) is 11.4 Å². The van der Waals surface area contributed by atoms with Crippen molar-refractivity contribution in [1.29, 1.82) is 0 Å². The van der Waals surface area contributed by atoms with Crippen LogP contribution in [0.2, 0.25) is 0 Å². The van der Waals surface area contributed by atoms with Crippen LogP contribution in [0, 0.1) is 6.92 Å². The average Bonchev–Trinajstić information content (AvgIpc) is 3.64. The van der Waals surface area contributed by atoms with Gasteiger partial charge in [-0.25, -0.2) is 9.97 Å². The molecule has 3 aromatic heterocycles. The minimum absolute atomic E-state index is 0.204. The molecule has 0 atom stereocenters. The van der Waals surface area contributed by atoms with E-state index in [4.69, 9.17) is 9.97 Å². The van der Waals surface area contributed by atoms with E-state index in [-0.39, 0.29) is 11.2 Å². The minimum atomic E-state index is -0.204. The van der Waals surface area contributed by atoms with Crippen LogP contribution in [-0.4, -0.2) is 19.5 Å². The normalized spacial score (nSPS) is 12.9. The first-order valence-electron chi connectivity index (χ1n) is 17.1. The van der Waals surface area contributed by atoms with Crippen molar-refractivity contribution in [3.05, 3.63) is 168 Å². The van der Waals surface area contributed by atoms with E-state index in [1.165, 1.54) is 22.3 Å². The molecular weight excluding hydrogens is 611 g/mol. The maximum absolute atomic E-state index is 11.6. The maximum atomic E-state index is 11.6. The highest BCUT2D eigenvalue weighted by Gasteiger charge is 2.36. The number of fused-ring (bicyclic) bond motifs is 4. The zero-order chi connectivity index (χ0) is 34.0. The molecule has 0 spiro atoms. The van der Waals surface area contributed by atoms with E-state index >= 15 is 0 Å². The van der Waals surface area contributed by atoms with Crippen molar-refractivity contribution in [2.75, 3.05) is 0 Å². The van der Waals surface area contributed by atoms with Crippen molar-refractivity contribution >= 4 is 5.65 Å². The summed E-state index contributed by atoms with van der Waals surface area (Å²) >= 11 is 0. The standard InChI is InChI=1S/C46H35N3O/c1-29-13-11-16-31(23-29)34-25-40(47-41(26-34)37-27-39-36(28-42(37)50)35-19-7-8-20-38(35)46(39,2)3)32-17-12-18-33(24-32)44-45(30-14-5-4-6-15-30)49-22-10-9-21-43(49)48-44/h4-28,50H,1-3H3. The second kappa shape index (κ2) is 11.4. The largest absolute Gasteiger partial charge is 0.507 e. The van der Waals surface area contributed by atoms with Crippen molar-refractivity contribution in [2.45, 2.75) is 26.2 Å². The van der Waals surface area contributed by atoms with E-state index in [1.54, 1.807) is 0 Å². The van der Waals surface area contributed by atoms with E-state index in [2.05, 4.69) is 147 Å². The van der Waals surface area contributed by atoms with Crippen LogP contribution < -0.4 is 0 Å². The third-order valence-corrected chi connectivity index (χ3v) is 10.2. The molecule has 1 aliphatic carbocycles. The lowest BCUT2D eigenvalue weighted by Crippen LogP contribution is -2.15. The number of phenols is 1. The Bertz CT molecular complexity index is 2600. The van der Waals surface area contributed by atoms with Gasteiger partial charge in [-0.3, -0.25) is 4.40 Å². The van der Waals surface area contributed by atoms with Gasteiger partial charge in [0.2, 0.25) is 0 Å². The number of aromatic hydroxyl groups is 1. The highest BCUT2D eigenvalue weighted by Crippen LogP contribution is 2.51. The third kappa shape index (κ3) is 4.83. The Morgan fingerprint density at radius 2 is 1.24 bits per heavy atom.